The average Bonchev–Trinajstić information content (AvgIpc) is 3.23. The van der Waals surface area contributed by atoms with Gasteiger partial charge < -0.3 is 20.5 Å². The van der Waals surface area contributed by atoms with Gasteiger partial charge in [-0.3, -0.25) is 14.4 Å². The molecule has 1 aromatic carbocycles. The number of carbonyl (C=O) groups is 2. The molecule has 5 rings (SSSR count). The Morgan fingerprint density at radius 3 is 2.62 bits per heavy atom. The number of nitrogens with zero attached hydrogens (tertiary/aromatic N) is 4. The number of H-pyrrole nitrogens is 1. The third-order valence-electron chi connectivity index (χ3n) is 8.91. The first-order chi connectivity index (χ1) is 19.7. The van der Waals surface area contributed by atoms with Crippen LogP contribution >= 0.6 is 0 Å². The number of aryl methyl sites for hydroxylation is 2. The van der Waals surface area contributed by atoms with Gasteiger partial charge in [0.15, 0.2) is 0 Å². The Morgan fingerprint density at radius 2 is 1.95 bits per heavy atom. The maximum absolute atomic E-state index is 14.1. The van der Waals surface area contributed by atoms with Crippen molar-refractivity contribution in [2.24, 2.45) is 22.7 Å². The van der Waals surface area contributed by atoms with Crippen molar-refractivity contribution in [3.63, 3.8) is 0 Å². The molecule has 3 heterocycles. The van der Waals surface area contributed by atoms with Crippen LogP contribution in [0, 0.1) is 47.8 Å². The molecule has 1 aliphatic heterocycles. The Morgan fingerprint density at radius 1 is 1.21 bits per heavy atom. The van der Waals surface area contributed by atoms with Crippen LogP contribution in [0.15, 0.2) is 41.3 Å². The van der Waals surface area contributed by atoms with E-state index in [1.807, 2.05) is 45.9 Å². The highest BCUT2D eigenvalue weighted by atomic mass is 16.2. The van der Waals surface area contributed by atoms with Crippen molar-refractivity contribution in [2.45, 2.75) is 73.0 Å². The number of carbonyl (C=O) groups excluding carboxylic acids is 2. The minimum Gasteiger partial charge on any atom is -0.358 e. The van der Waals surface area contributed by atoms with Crippen LogP contribution in [0.4, 0.5) is 5.82 Å². The third kappa shape index (κ3) is 5.48. The summed E-state index contributed by atoms with van der Waals surface area (Å²) in [6.45, 7) is 14.4. The molecule has 0 unspecified atom stereocenters. The Labute approximate surface area is 245 Å². The fourth-order valence-corrected chi connectivity index (χ4v) is 6.44. The van der Waals surface area contributed by atoms with Crippen LogP contribution in [0.25, 0.3) is 10.9 Å². The molecule has 5 atom stereocenters. The SMILES string of the molecule is Cc1ccc2[nH]c(=O)c(C[C@@H](C#N)NC(=O)[C@@H]3[C@@H]4[C@H](CN3C(=O)[C@@H](Nc3ccnc(C)n3)C(C)(C)C)C4(C)C)cc2c1. The van der Waals surface area contributed by atoms with Gasteiger partial charge in [-0.15, -0.1) is 0 Å². The molecule has 3 N–H and O–H groups in total. The van der Waals surface area contributed by atoms with Crippen molar-refractivity contribution in [3.05, 3.63) is 63.8 Å². The molecule has 2 amide bonds. The van der Waals surface area contributed by atoms with Crippen LogP contribution in [-0.2, 0) is 16.0 Å². The molecule has 220 valence electrons. The highest BCUT2D eigenvalue weighted by molar-refractivity contribution is 5.93. The van der Waals surface area contributed by atoms with E-state index in [9.17, 15) is 19.6 Å². The number of anilines is 1. The van der Waals surface area contributed by atoms with Crippen LogP contribution in [0.1, 0.15) is 51.6 Å². The third-order valence-corrected chi connectivity index (χ3v) is 8.91. The number of hydrogen-bond acceptors (Lipinski definition) is 7. The Bertz CT molecular complexity index is 1650. The number of nitriles is 1. The maximum Gasteiger partial charge on any atom is 0.251 e. The lowest BCUT2D eigenvalue weighted by atomic mass is 9.85. The van der Waals surface area contributed by atoms with Gasteiger partial charge in [-0.2, -0.15) is 5.26 Å². The molecule has 2 fully saturated rings. The molecule has 1 saturated carbocycles. The fraction of sp³-hybridized carbons (Fsp3) is 0.500. The van der Waals surface area contributed by atoms with Gasteiger partial charge in [-0.1, -0.05) is 46.2 Å². The number of fused-ring (bicyclic) bond motifs is 2. The summed E-state index contributed by atoms with van der Waals surface area (Å²) in [6.07, 6.45) is 1.70. The second kappa shape index (κ2) is 10.5. The predicted molar refractivity (Wildman–Crippen MR) is 160 cm³/mol. The van der Waals surface area contributed by atoms with Gasteiger partial charge in [-0.25, -0.2) is 9.97 Å². The van der Waals surface area contributed by atoms with Gasteiger partial charge in [0.1, 0.15) is 29.8 Å². The topological polar surface area (TPSA) is 144 Å². The molecule has 1 saturated heterocycles. The summed E-state index contributed by atoms with van der Waals surface area (Å²) in [5.74, 6) is 0.746. The van der Waals surface area contributed by atoms with Gasteiger partial charge in [0.05, 0.1) is 6.07 Å². The molecular formula is C32H39N7O3. The van der Waals surface area contributed by atoms with E-state index in [2.05, 4.69) is 45.5 Å². The largest absolute Gasteiger partial charge is 0.358 e. The van der Waals surface area contributed by atoms with E-state index in [1.165, 1.54) is 0 Å². The molecule has 0 spiro atoms. The number of hydrogen-bond donors (Lipinski definition) is 3. The number of likely N-dealkylation sites (tertiary alicyclic amines) is 1. The first-order valence-corrected chi connectivity index (χ1v) is 14.4. The maximum atomic E-state index is 14.1. The van der Waals surface area contributed by atoms with E-state index < -0.39 is 23.5 Å². The van der Waals surface area contributed by atoms with Crippen LogP contribution in [0.3, 0.4) is 0 Å². The first-order valence-electron chi connectivity index (χ1n) is 14.4. The molecule has 42 heavy (non-hydrogen) atoms. The van der Waals surface area contributed by atoms with E-state index in [-0.39, 0.29) is 41.0 Å². The van der Waals surface area contributed by atoms with Crippen molar-refractivity contribution in [1.82, 2.24) is 25.2 Å². The van der Waals surface area contributed by atoms with Crippen molar-refractivity contribution in [2.75, 3.05) is 11.9 Å². The zero-order valence-electron chi connectivity index (χ0n) is 25.3. The van der Waals surface area contributed by atoms with Crippen LogP contribution in [0.2, 0.25) is 0 Å². The van der Waals surface area contributed by atoms with E-state index in [1.54, 1.807) is 30.2 Å². The van der Waals surface area contributed by atoms with E-state index in [4.69, 9.17) is 0 Å². The van der Waals surface area contributed by atoms with Gasteiger partial charge in [0.2, 0.25) is 11.8 Å². The van der Waals surface area contributed by atoms with Gasteiger partial charge >= 0.3 is 0 Å². The zero-order valence-corrected chi connectivity index (χ0v) is 25.3. The highest BCUT2D eigenvalue weighted by Crippen LogP contribution is 2.65. The summed E-state index contributed by atoms with van der Waals surface area (Å²) in [5, 5.41) is 17.0. The highest BCUT2D eigenvalue weighted by Gasteiger charge is 2.69. The number of nitrogens with one attached hydrogen (secondary N) is 3. The minimum absolute atomic E-state index is 0.0187. The molecule has 0 radical (unpaired) electrons. The molecule has 10 nitrogen and oxygen atoms in total. The Kier molecular flexibility index (Phi) is 7.34. The Hall–Kier alpha value is -4.26. The average molecular weight is 570 g/mol. The summed E-state index contributed by atoms with van der Waals surface area (Å²) in [7, 11) is 0. The minimum atomic E-state index is -0.931. The van der Waals surface area contributed by atoms with E-state index in [0.29, 0.717) is 29.3 Å². The smallest absolute Gasteiger partial charge is 0.251 e. The molecule has 2 aromatic heterocycles. The Balaban J connectivity index is 1.38. The quantitative estimate of drug-likeness (QED) is 0.395. The second-order valence-corrected chi connectivity index (χ2v) is 13.4. The normalized spacial score (nSPS) is 22.1. The van der Waals surface area contributed by atoms with E-state index in [0.717, 1.165) is 10.9 Å². The summed E-state index contributed by atoms with van der Waals surface area (Å²) < 4.78 is 0. The summed E-state index contributed by atoms with van der Waals surface area (Å²) in [6, 6.07) is 9.10. The molecule has 1 aliphatic carbocycles. The summed E-state index contributed by atoms with van der Waals surface area (Å²) in [4.78, 5) is 53.9. The molecule has 2 aliphatic rings. The lowest BCUT2D eigenvalue weighted by Crippen LogP contribution is -2.57. The van der Waals surface area contributed by atoms with Gasteiger partial charge in [0, 0.05) is 30.2 Å². The lowest BCUT2D eigenvalue weighted by molar-refractivity contribution is -0.142. The zero-order chi connectivity index (χ0) is 30.6. The van der Waals surface area contributed by atoms with Gasteiger partial charge in [0.25, 0.3) is 5.56 Å². The summed E-state index contributed by atoms with van der Waals surface area (Å²) >= 11 is 0. The fourth-order valence-electron chi connectivity index (χ4n) is 6.44. The molecule has 3 aromatic rings. The van der Waals surface area contributed by atoms with Crippen LogP contribution < -0.4 is 16.2 Å². The standard InChI is InChI=1S/C32H39N7O3/c1-17-8-9-23-19(12-17)13-20(28(40)37-23)14-21(15-33)36-29(41)26-25-22(32(25,6)7)16-39(26)30(42)27(31(3,4)5)38-24-10-11-34-18(2)35-24/h8-13,21-22,25-27H,14,16H2,1-7H3,(H,36,41)(H,37,40)(H,34,35,38)/t21-,22-,25-,26-,27+/m0/s1. The number of piperidine rings is 1. The van der Waals surface area contributed by atoms with Crippen molar-refractivity contribution < 1.29 is 9.59 Å². The van der Waals surface area contributed by atoms with E-state index >= 15 is 0 Å². The van der Waals surface area contributed by atoms with Crippen LogP contribution in [-0.4, -0.2) is 56.3 Å². The first kappa shape index (κ1) is 29.2. The van der Waals surface area contributed by atoms with Crippen molar-refractivity contribution in [3.8, 4) is 6.07 Å². The second-order valence-electron chi connectivity index (χ2n) is 13.4. The number of aromatic nitrogens is 3. The molecular weight excluding hydrogens is 530 g/mol. The lowest BCUT2D eigenvalue weighted by Gasteiger charge is -2.38. The number of amides is 2. The number of benzene rings is 1. The van der Waals surface area contributed by atoms with Crippen molar-refractivity contribution >= 4 is 28.5 Å². The summed E-state index contributed by atoms with van der Waals surface area (Å²) in [5.41, 5.74) is 1.32. The molecule has 0 bridgehead atoms. The monoisotopic (exact) mass is 569 g/mol. The predicted octanol–water partition coefficient (Wildman–Crippen LogP) is 3.50. The number of rotatable bonds is 7. The molecule has 10 heteroatoms. The number of pyridine rings is 1. The van der Waals surface area contributed by atoms with Gasteiger partial charge in [-0.05, 0) is 66.2 Å². The van der Waals surface area contributed by atoms with Crippen molar-refractivity contribution in [1.29, 1.82) is 5.26 Å². The van der Waals surface area contributed by atoms with Crippen LogP contribution in [0.5, 0.6) is 0 Å². The number of aromatic amines is 1.